The van der Waals surface area contributed by atoms with Gasteiger partial charge in [-0.25, -0.2) is 4.79 Å². The maximum Gasteiger partial charge on any atom is 0.329 e. The minimum absolute atomic E-state index is 0.375. The molecule has 0 amide bonds. The Bertz CT molecular complexity index is 533. The van der Waals surface area contributed by atoms with Gasteiger partial charge >= 0.3 is 5.97 Å². The molecule has 1 aromatic carbocycles. The van der Waals surface area contributed by atoms with Crippen LogP contribution >= 0.6 is 15.9 Å². The molecule has 2 N–H and O–H groups in total. The van der Waals surface area contributed by atoms with E-state index in [1.54, 1.807) is 18.2 Å². The van der Waals surface area contributed by atoms with Gasteiger partial charge in [0.25, 0.3) is 0 Å². The number of nitrogens with one attached hydrogen (secondary N) is 1. The van der Waals surface area contributed by atoms with E-state index in [1.807, 2.05) is 0 Å². The van der Waals surface area contributed by atoms with E-state index in [0.29, 0.717) is 41.8 Å². The molecule has 5 nitrogen and oxygen atoms in total. The fraction of sp³-hybridized carbons (Fsp3) is 0.385. The number of nitrogens with zero attached hydrogens (tertiary/aromatic N) is 1. The number of ether oxygens (including phenoxy) is 1. The van der Waals surface area contributed by atoms with Gasteiger partial charge in [-0.1, -0.05) is 6.07 Å². The van der Waals surface area contributed by atoms with E-state index in [2.05, 4.69) is 27.3 Å². The topological polar surface area (TPSA) is 82.4 Å². The van der Waals surface area contributed by atoms with Crippen LogP contribution in [0.1, 0.15) is 18.4 Å². The van der Waals surface area contributed by atoms with Gasteiger partial charge in [0, 0.05) is 30.5 Å². The van der Waals surface area contributed by atoms with E-state index in [4.69, 9.17) is 10.00 Å². The lowest BCUT2D eigenvalue weighted by molar-refractivity contribution is -0.145. The average molecular weight is 325 g/mol. The summed E-state index contributed by atoms with van der Waals surface area (Å²) in [5, 5.41) is 21.7. The van der Waals surface area contributed by atoms with Gasteiger partial charge in [-0.2, -0.15) is 5.26 Å². The first-order valence-electron chi connectivity index (χ1n) is 5.87. The van der Waals surface area contributed by atoms with Crippen LogP contribution in [0.15, 0.2) is 22.7 Å². The Hall–Kier alpha value is -1.58. The number of anilines is 1. The first-order valence-corrected chi connectivity index (χ1v) is 6.66. The Morgan fingerprint density at radius 2 is 2.16 bits per heavy atom. The summed E-state index contributed by atoms with van der Waals surface area (Å²) in [5.74, 6) is -0.917. The fourth-order valence-electron chi connectivity index (χ4n) is 2.11. The molecule has 6 heteroatoms. The molecular weight excluding hydrogens is 312 g/mol. The predicted molar refractivity (Wildman–Crippen MR) is 72.9 cm³/mol. The largest absolute Gasteiger partial charge is 0.480 e. The van der Waals surface area contributed by atoms with E-state index in [9.17, 15) is 9.90 Å². The highest BCUT2D eigenvalue weighted by atomic mass is 79.9. The molecule has 0 aliphatic carbocycles. The van der Waals surface area contributed by atoms with Crippen molar-refractivity contribution in [2.45, 2.75) is 18.4 Å². The summed E-state index contributed by atoms with van der Waals surface area (Å²) in [4.78, 5) is 11.6. The van der Waals surface area contributed by atoms with Crippen LogP contribution in [0.3, 0.4) is 0 Å². The van der Waals surface area contributed by atoms with Crippen LogP contribution in [-0.2, 0) is 9.53 Å². The molecule has 0 atom stereocenters. The molecule has 0 saturated carbocycles. The Morgan fingerprint density at radius 3 is 2.74 bits per heavy atom. The highest BCUT2D eigenvalue weighted by molar-refractivity contribution is 9.10. The molecule has 0 unspecified atom stereocenters. The van der Waals surface area contributed by atoms with Crippen LogP contribution in [0.5, 0.6) is 0 Å². The zero-order valence-electron chi connectivity index (χ0n) is 10.1. The van der Waals surface area contributed by atoms with E-state index in [1.165, 1.54) is 0 Å². The number of hydrogen-bond donors (Lipinski definition) is 2. The second-order valence-electron chi connectivity index (χ2n) is 4.40. The van der Waals surface area contributed by atoms with Crippen molar-refractivity contribution in [3.8, 4) is 6.07 Å². The smallest absolute Gasteiger partial charge is 0.329 e. The summed E-state index contributed by atoms with van der Waals surface area (Å²) in [5.41, 5.74) is -0.124. The number of aliphatic carboxylic acids is 1. The number of nitriles is 1. The number of carbonyl (C=O) groups is 1. The van der Waals surface area contributed by atoms with Gasteiger partial charge in [0.05, 0.1) is 11.3 Å². The van der Waals surface area contributed by atoms with E-state index in [-0.39, 0.29) is 0 Å². The van der Waals surface area contributed by atoms with Crippen LogP contribution in [0.2, 0.25) is 0 Å². The van der Waals surface area contributed by atoms with Crippen molar-refractivity contribution in [3.05, 3.63) is 28.2 Å². The third-order valence-corrected chi connectivity index (χ3v) is 3.92. The minimum atomic E-state index is -1.06. The van der Waals surface area contributed by atoms with Crippen molar-refractivity contribution in [2.24, 2.45) is 0 Å². The number of carboxylic acid groups (broad SMARTS) is 1. The lowest BCUT2D eigenvalue weighted by Crippen LogP contribution is -2.50. The molecule has 2 rings (SSSR count). The van der Waals surface area contributed by atoms with Gasteiger partial charge in [0.15, 0.2) is 0 Å². The third-order valence-electron chi connectivity index (χ3n) is 3.26. The summed E-state index contributed by atoms with van der Waals surface area (Å²) >= 11 is 3.29. The summed E-state index contributed by atoms with van der Waals surface area (Å²) in [7, 11) is 0. The van der Waals surface area contributed by atoms with E-state index < -0.39 is 11.5 Å². The molecule has 1 heterocycles. The normalized spacial score (nSPS) is 17.5. The van der Waals surface area contributed by atoms with Crippen LogP contribution in [-0.4, -0.2) is 29.8 Å². The summed E-state index contributed by atoms with van der Waals surface area (Å²) in [6, 6.07) is 7.30. The Balaban J connectivity index is 2.35. The molecule has 1 aliphatic heterocycles. The molecule has 0 bridgehead atoms. The molecule has 0 spiro atoms. The van der Waals surface area contributed by atoms with Crippen LogP contribution < -0.4 is 5.32 Å². The average Bonchev–Trinajstić information content (AvgIpc) is 2.40. The van der Waals surface area contributed by atoms with Gasteiger partial charge in [-0.3, -0.25) is 0 Å². The van der Waals surface area contributed by atoms with Gasteiger partial charge in [0.1, 0.15) is 11.6 Å². The molecule has 1 fully saturated rings. The van der Waals surface area contributed by atoms with Crippen molar-refractivity contribution in [1.82, 2.24) is 0 Å². The third kappa shape index (κ3) is 2.72. The molecule has 100 valence electrons. The minimum Gasteiger partial charge on any atom is -0.480 e. The molecule has 1 saturated heterocycles. The van der Waals surface area contributed by atoms with Crippen molar-refractivity contribution in [3.63, 3.8) is 0 Å². The number of benzene rings is 1. The molecule has 1 aromatic rings. The summed E-state index contributed by atoms with van der Waals surface area (Å²) < 4.78 is 5.86. The molecule has 1 aliphatic rings. The molecular formula is C13H13BrN2O3. The van der Waals surface area contributed by atoms with Crippen molar-refractivity contribution in [1.29, 1.82) is 5.26 Å². The first kappa shape index (κ1) is 13.8. The zero-order chi connectivity index (χ0) is 13.9. The Labute approximate surface area is 119 Å². The lowest BCUT2D eigenvalue weighted by Gasteiger charge is -2.35. The Kier molecular flexibility index (Phi) is 4.08. The second-order valence-corrected chi connectivity index (χ2v) is 5.25. The molecule has 0 radical (unpaired) electrons. The lowest BCUT2D eigenvalue weighted by atomic mass is 9.89. The summed E-state index contributed by atoms with van der Waals surface area (Å²) in [6.07, 6.45) is 0.749. The van der Waals surface area contributed by atoms with Crippen LogP contribution in [0.25, 0.3) is 0 Å². The quantitative estimate of drug-likeness (QED) is 0.891. The first-order chi connectivity index (χ1) is 9.09. The highest BCUT2D eigenvalue weighted by Gasteiger charge is 2.40. The molecule has 0 aromatic heterocycles. The van der Waals surface area contributed by atoms with Gasteiger partial charge in [-0.05, 0) is 28.1 Å². The number of rotatable bonds is 3. The van der Waals surface area contributed by atoms with Crippen molar-refractivity contribution in [2.75, 3.05) is 18.5 Å². The monoisotopic (exact) mass is 324 g/mol. The van der Waals surface area contributed by atoms with Crippen molar-refractivity contribution < 1.29 is 14.6 Å². The zero-order valence-corrected chi connectivity index (χ0v) is 11.7. The maximum atomic E-state index is 11.6. The molecule has 19 heavy (non-hydrogen) atoms. The van der Waals surface area contributed by atoms with Gasteiger partial charge in [0.2, 0.25) is 0 Å². The van der Waals surface area contributed by atoms with E-state index in [0.717, 1.165) is 0 Å². The highest BCUT2D eigenvalue weighted by Crippen LogP contribution is 2.30. The fourth-order valence-corrected chi connectivity index (χ4v) is 2.57. The number of halogens is 1. The van der Waals surface area contributed by atoms with E-state index >= 15 is 0 Å². The van der Waals surface area contributed by atoms with Gasteiger partial charge in [-0.15, -0.1) is 0 Å². The number of hydrogen-bond acceptors (Lipinski definition) is 4. The second kappa shape index (κ2) is 5.59. The van der Waals surface area contributed by atoms with Crippen LogP contribution in [0.4, 0.5) is 5.69 Å². The standard InChI is InChI=1S/C13H13BrN2O3/c14-10-2-1-3-11(9(10)8-15)16-13(12(17)18)4-6-19-7-5-13/h1-3,16H,4-7H2,(H,17,18). The van der Waals surface area contributed by atoms with Crippen molar-refractivity contribution >= 4 is 27.6 Å². The van der Waals surface area contributed by atoms with Gasteiger partial charge < -0.3 is 15.2 Å². The Morgan fingerprint density at radius 1 is 1.47 bits per heavy atom. The van der Waals surface area contributed by atoms with Crippen LogP contribution in [0, 0.1) is 11.3 Å². The SMILES string of the molecule is N#Cc1c(Br)cccc1NC1(C(=O)O)CCOCC1. The maximum absolute atomic E-state index is 11.6. The number of carboxylic acids is 1. The predicted octanol–water partition coefficient (Wildman–Crippen LogP) is 2.37. The summed E-state index contributed by atoms with van der Waals surface area (Å²) in [6.45, 7) is 0.796.